The van der Waals surface area contributed by atoms with Crippen LogP contribution in [-0.4, -0.2) is 0 Å². The maximum absolute atomic E-state index is 2.46. The minimum atomic E-state index is -0.104. The predicted octanol–water partition coefficient (Wildman–Crippen LogP) is 17.1. The Labute approximate surface area is 370 Å². The summed E-state index contributed by atoms with van der Waals surface area (Å²) in [5.74, 6) is 0. The van der Waals surface area contributed by atoms with Crippen LogP contribution in [0.5, 0.6) is 0 Å². The lowest BCUT2D eigenvalue weighted by molar-refractivity contribution is 0.660. The normalized spacial score (nSPS) is 14.0. The van der Waals surface area contributed by atoms with Gasteiger partial charge in [0.1, 0.15) is 0 Å². The molecule has 0 saturated carbocycles. The van der Waals surface area contributed by atoms with E-state index < -0.39 is 0 Å². The van der Waals surface area contributed by atoms with E-state index in [-0.39, 0.29) is 10.8 Å². The zero-order valence-corrected chi connectivity index (χ0v) is 36.2. The molecule has 2 aliphatic carbocycles. The van der Waals surface area contributed by atoms with Crippen LogP contribution in [0.15, 0.2) is 212 Å². The van der Waals surface area contributed by atoms with Crippen molar-refractivity contribution in [3.8, 4) is 55.6 Å². The van der Waals surface area contributed by atoms with Crippen molar-refractivity contribution in [2.45, 2.75) is 38.5 Å². The second-order valence-electron chi connectivity index (χ2n) is 18.4. The van der Waals surface area contributed by atoms with E-state index >= 15 is 0 Å². The first-order valence-corrected chi connectivity index (χ1v) is 22.3. The Balaban J connectivity index is 1.03. The van der Waals surface area contributed by atoms with E-state index in [9.17, 15) is 0 Å². The van der Waals surface area contributed by atoms with Gasteiger partial charge in [0.05, 0.1) is 5.69 Å². The molecule has 12 rings (SSSR count). The number of hydrogen-bond acceptors (Lipinski definition) is 1. The fourth-order valence-electron chi connectivity index (χ4n) is 11.3. The van der Waals surface area contributed by atoms with Crippen LogP contribution in [0, 0.1) is 0 Å². The lowest BCUT2D eigenvalue weighted by Crippen LogP contribution is -2.16. The molecule has 300 valence electrons. The van der Waals surface area contributed by atoms with E-state index in [0.29, 0.717) is 0 Å². The zero-order valence-electron chi connectivity index (χ0n) is 36.2. The van der Waals surface area contributed by atoms with Crippen LogP contribution in [0.2, 0.25) is 0 Å². The maximum Gasteiger partial charge on any atom is 0.0540 e. The van der Waals surface area contributed by atoms with Crippen molar-refractivity contribution >= 4 is 38.6 Å². The standard InChI is InChI=1S/C62H47N/c1-61(2)56-28-13-10-23-53(56)59-51(25-16-29-57(59)61)50-22-11-14-30-58(50)63(44-37-33-41(34-38-44)54-39-42-17-5-6-18-45(42)47-19-7-8-20-48(47)54)43-35-31-40(32-36-43)46-24-15-26-52-49-21-9-12-27-55(49)62(3,4)60(46)52/h5-39H,1-4H3. The summed E-state index contributed by atoms with van der Waals surface area (Å²) in [6.07, 6.45) is 0. The summed E-state index contributed by atoms with van der Waals surface area (Å²) in [4.78, 5) is 2.46. The summed E-state index contributed by atoms with van der Waals surface area (Å²) < 4.78 is 0. The molecule has 0 radical (unpaired) electrons. The summed E-state index contributed by atoms with van der Waals surface area (Å²) in [5, 5.41) is 5.08. The Bertz CT molecular complexity index is 3440. The molecule has 0 aliphatic heterocycles. The van der Waals surface area contributed by atoms with Gasteiger partial charge in [0, 0.05) is 27.8 Å². The first-order valence-electron chi connectivity index (χ1n) is 22.3. The Kier molecular flexibility index (Phi) is 8.30. The average Bonchev–Trinajstić information content (AvgIpc) is 3.72. The smallest absolute Gasteiger partial charge is 0.0540 e. The topological polar surface area (TPSA) is 3.24 Å². The van der Waals surface area contributed by atoms with Gasteiger partial charge in [-0.05, 0) is 130 Å². The Morgan fingerprint density at radius 1 is 0.317 bits per heavy atom. The average molecular weight is 806 g/mol. The zero-order chi connectivity index (χ0) is 42.5. The van der Waals surface area contributed by atoms with Crippen molar-refractivity contribution in [2.24, 2.45) is 0 Å². The van der Waals surface area contributed by atoms with E-state index in [1.54, 1.807) is 0 Å². The van der Waals surface area contributed by atoms with Crippen molar-refractivity contribution < 1.29 is 0 Å². The molecule has 0 unspecified atom stereocenters. The molecule has 1 nitrogen and oxygen atoms in total. The number of benzene rings is 10. The number of nitrogens with zero attached hydrogens (tertiary/aromatic N) is 1. The van der Waals surface area contributed by atoms with E-state index in [1.807, 2.05) is 0 Å². The summed E-state index contributed by atoms with van der Waals surface area (Å²) >= 11 is 0. The third-order valence-electron chi connectivity index (χ3n) is 14.3. The highest BCUT2D eigenvalue weighted by atomic mass is 15.1. The molecule has 0 aromatic heterocycles. The quantitative estimate of drug-likeness (QED) is 0.151. The van der Waals surface area contributed by atoms with Crippen molar-refractivity contribution in [3.05, 3.63) is 235 Å². The van der Waals surface area contributed by atoms with Crippen LogP contribution in [0.3, 0.4) is 0 Å². The van der Waals surface area contributed by atoms with Crippen LogP contribution in [0.4, 0.5) is 17.1 Å². The van der Waals surface area contributed by atoms with Gasteiger partial charge in [-0.2, -0.15) is 0 Å². The second kappa shape index (κ2) is 14.0. The fraction of sp³-hybridized carbons (Fsp3) is 0.0968. The van der Waals surface area contributed by atoms with Gasteiger partial charge in [0.2, 0.25) is 0 Å². The molecule has 0 fully saturated rings. The van der Waals surface area contributed by atoms with Crippen LogP contribution in [-0.2, 0) is 10.8 Å². The highest BCUT2D eigenvalue weighted by Gasteiger charge is 2.38. The van der Waals surface area contributed by atoms with Gasteiger partial charge < -0.3 is 4.90 Å². The highest BCUT2D eigenvalue weighted by Crippen LogP contribution is 2.55. The first-order chi connectivity index (χ1) is 30.8. The van der Waals surface area contributed by atoms with Crippen molar-refractivity contribution in [2.75, 3.05) is 4.90 Å². The third kappa shape index (κ3) is 5.62. The molecule has 10 aromatic rings. The Morgan fingerprint density at radius 3 is 1.54 bits per heavy atom. The molecule has 2 aliphatic rings. The van der Waals surface area contributed by atoms with Gasteiger partial charge in [-0.25, -0.2) is 0 Å². The first kappa shape index (κ1) is 37.3. The number of rotatable bonds is 6. The lowest BCUT2D eigenvalue weighted by atomic mass is 9.79. The Morgan fingerprint density at radius 2 is 0.810 bits per heavy atom. The van der Waals surface area contributed by atoms with Gasteiger partial charge in [0.25, 0.3) is 0 Å². The number of para-hydroxylation sites is 1. The second-order valence-corrected chi connectivity index (χ2v) is 18.4. The third-order valence-corrected chi connectivity index (χ3v) is 14.3. The predicted molar refractivity (Wildman–Crippen MR) is 268 cm³/mol. The molecule has 10 aromatic carbocycles. The number of anilines is 3. The summed E-state index contributed by atoms with van der Waals surface area (Å²) in [6.45, 7) is 9.48. The van der Waals surface area contributed by atoms with E-state index in [0.717, 1.165) is 17.1 Å². The van der Waals surface area contributed by atoms with Crippen LogP contribution in [0.1, 0.15) is 49.9 Å². The van der Waals surface area contributed by atoms with Gasteiger partial charge in [-0.15, -0.1) is 0 Å². The van der Waals surface area contributed by atoms with Gasteiger partial charge in [0.15, 0.2) is 0 Å². The SMILES string of the molecule is CC1(C)c2ccccc2-c2c(-c3ccccc3N(c3ccc(-c4cccc5c4C(C)(C)c4ccccc4-5)cc3)c3ccc(-c4cc5ccccc5c5ccccc45)cc3)cccc21. The summed E-state index contributed by atoms with van der Waals surface area (Å²) in [7, 11) is 0. The van der Waals surface area contributed by atoms with Crippen molar-refractivity contribution in [1.82, 2.24) is 0 Å². The van der Waals surface area contributed by atoms with Crippen molar-refractivity contribution in [3.63, 3.8) is 0 Å². The van der Waals surface area contributed by atoms with E-state index in [4.69, 9.17) is 0 Å². The van der Waals surface area contributed by atoms with E-state index in [2.05, 4.69) is 245 Å². The minimum Gasteiger partial charge on any atom is -0.310 e. The molecule has 0 saturated heterocycles. The molecule has 0 heterocycles. The molecule has 0 bridgehead atoms. The van der Waals surface area contributed by atoms with Gasteiger partial charge in [-0.1, -0.05) is 204 Å². The molecular formula is C62H47N. The monoisotopic (exact) mass is 805 g/mol. The van der Waals surface area contributed by atoms with Crippen LogP contribution in [0.25, 0.3) is 77.2 Å². The molecule has 0 amide bonds. The number of fused-ring (bicyclic) bond motifs is 9. The van der Waals surface area contributed by atoms with Gasteiger partial charge >= 0.3 is 0 Å². The van der Waals surface area contributed by atoms with Crippen LogP contribution >= 0.6 is 0 Å². The van der Waals surface area contributed by atoms with E-state index in [1.165, 1.54) is 99.4 Å². The lowest BCUT2D eigenvalue weighted by Gasteiger charge is -2.29. The molecule has 1 heteroatoms. The largest absolute Gasteiger partial charge is 0.310 e. The number of hydrogen-bond donors (Lipinski definition) is 0. The molecule has 63 heavy (non-hydrogen) atoms. The summed E-state index contributed by atoms with van der Waals surface area (Å²) in [5.41, 5.74) is 21.5. The molecular weight excluding hydrogens is 759 g/mol. The molecule has 0 atom stereocenters. The molecule has 0 spiro atoms. The highest BCUT2D eigenvalue weighted by molar-refractivity contribution is 6.14. The van der Waals surface area contributed by atoms with Crippen LogP contribution < -0.4 is 4.90 Å². The summed E-state index contributed by atoms with van der Waals surface area (Å²) in [6, 6.07) is 79.0. The Hall–Kier alpha value is -7.48. The fourth-order valence-corrected chi connectivity index (χ4v) is 11.3. The molecule has 0 N–H and O–H groups in total. The maximum atomic E-state index is 2.46. The van der Waals surface area contributed by atoms with Gasteiger partial charge in [-0.3, -0.25) is 0 Å². The van der Waals surface area contributed by atoms with Crippen molar-refractivity contribution in [1.29, 1.82) is 0 Å². The minimum absolute atomic E-state index is 0.0945.